The number of para-hydroxylation sites is 1. The van der Waals surface area contributed by atoms with E-state index in [2.05, 4.69) is 15.4 Å². The molecule has 1 amide bonds. The van der Waals surface area contributed by atoms with E-state index in [1.807, 2.05) is 19.1 Å². The van der Waals surface area contributed by atoms with E-state index >= 15 is 0 Å². The number of benzene rings is 1. The summed E-state index contributed by atoms with van der Waals surface area (Å²) < 4.78 is 2.60. The highest BCUT2D eigenvalue weighted by molar-refractivity contribution is 7.20. The maximum absolute atomic E-state index is 11.2. The van der Waals surface area contributed by atoms with Gasteiger partial charge in [-0.25, -0.2) is 4.98 Å². The second-order valence-electron chi connectivity index (χ2n) is 4.35. The third kappa shape index (κ3) is 2.28. The van der Waals surface area contributed by atoms with Gasteiger partial charge in [-0.1, -0.05) is 29.0 Å². The molecule has 2 aromatic heterocycles. The van der Waals surface area contributed by atoms with Gasteiger partial charge >= 0.3 is 0 Å². The Kier molecular flexibility index (Phi) is 3.19. The molecule has 0 aliphatic heterocycles. The number of halogens is 1. The average Bonchev–Trinajstić information content (AvgIpc) is 2.93. The smallest absolute Gasteiger partial charge is 0.222 e. The number of amides is 1. The van der Waals surface area contributed by atoms with Crippen LogP contribution < -0.4 is 5.32 Å². The van der Waals surface area contributed by atoms with Crippen molar-refractivity contribution in [3.8, 4) is 5.13 Å². The van der Waals surface area contributed by atoms with Crippen molar-refractivity contribution in [3.63, 3.8) is 0 Å². The lowest BCUT2D eigenvalue weighted by molar-refractivity contribution is -0.114. The molecule has 3 aromatic rings. The van der Waals surface area contributed by atoms with Gasteiger partial charge in [0.15, 0.2) is 0 Å². The van der Waals surface area contributed by atoms with Crippen molar-refractivity contribution >= 4 is 44.9 Å². The van der Waals surface area contributed by atoms with Crippen LogP contribution in [0, 0.1) is 6.92 Å². The zero-order valence-electron chi connectivity index (χ0n) is 10.8. The predicted molar refractivity (Wildman–Crippen MR) is 80.8 cm³/mol. The lowest BCUT2D eigenvalue weighted by atomic mass is 10.3. The minimum Gasteiger partial charge on any atom is -0.311 e. The Hall–Kier alpha value is -1.92. The van der Waals surface area contributed by atoms with E-state index in [0.29, 0.717) is 16.0 Å². The number of thiazole rings is 1. The van der Waals surface area contributed by atoms with Gasteiger partial charge in [0.25, 0.3) is 0 Å². The van der Waals surface area contributed by atoms with Crippen LogP contribution in [0.25, 0.3) is 15.3 Å². The third-order valence-corrected chi connectivity index (χ3v) is 3.98. The fraction of sp³-hybridized carbons (Fsp3) is 0.154. The summed E-state index contributed by atoms with van der Waals surface area (Å²) in [4.78, 5) is 15.7. The van der Waals surface area contributed by atoms with Crippen LogP contribution in [0.2, 0.25) is 5.02 Å². The van der Waals surface area contributed by atoms with E-state index in [9.17, 15) is 4.79 Å². The number of carbonyl (C=O) groups is 1. The Balaban J connectivity index is 2.15. The molecule has 0 saturated carbocycles. The molecule has 0 atom stereocenters. The van der Waals surface area contributed by atoms with E-state index < -0.39 is 0 Å². The molecular formula is C13H11ClN4OS. The number of rotatable bonds is 2. The van der Waals surface area contributed by atoms with Gasteiger partial charge in [-0.3, -0.25) is 4.79 Å². The molecule has 0 aliphatic carbocycles. The van der Waals surface area contributed by atoms with E-state index in [1.54, 1.807) is 16.8 Å². The summed E-state index contributed by atoms with van der Waals surface area (Å²) in [5.74, 6) is 0.454. The van der Waals surface area contributed by atoms with Gasteiger partial charge in [0.05, 0.1) is 15.4 Å². The standard InChI is InChI=1S/C13H11ClN4OS/c1-7-6-11(15-8(2)19)18(17-7)13-16-12-9(14)4-3-5-10(12)20-13/h3-6H,1-2H3,(H,15,19). The first-order chi connectivity index (χ1) is 9.54. The molecule has 0 aliphatic rings. The van der Waals surface area contributed by atoms with Gasteiger partial charge in [-0.2, -0.15) is 9.78 Å². The number of hydrogen-bond acceptors (Lipinski definition) is 4. The summed E-state index contributed by atoms with van der Waals surface area (Å²) in [6.07, 6.45) is 0. The highest BCUT2D eigenvalue weighted by Crippen LogP contribution is 2.31. The molecule has 0 bridgehead atoms. The van der Waals surface area contributed by atoms with Crippen LogP contribution in [-0.4, -0.2) is 20.7 Å². The largest absolute Gasteiger partial charge is 0.311 e. The fourth-order valence-corrected chi connectivity index (χ4v) is 3.14. The zero-order valence-corrected chi connectivity index (χ0v) is 12.4. The van der Waals surface area contributed by atoms with Crippen LogP contribution >= 0.6 is 22.9 Å². The van der Waals surface area contributed by atoms with Crippen LogP contribution in [0.5, 0.6) is 0 Å². The Bertz CT molecular complexity index is 808. The molecule has 0 radical (unpaired) electrons. The fourth-order valence-electron chi connectivity index (χ4n) is 1.91. The molecule has 5 nitrogen and oxygen atoms in total. The molecule has 0 unspecified atom stereocenters. The topological polar surface area (TPSA) is 59.8 Å². The summed E-state index contributed by atoms with van der Waals surface area (Å²) in [6, 6.07) is 7.44. The maximum Gasteiger partial charge on any atom is 0.222 e. The van der Waals surface area contributed by atoms with E-state index in [4.69, 9.17) is 11.6 Å². The molecule has 0 fully saturated rings. The van der Waals surface area contributed by atoms with Gasteiger partial charge in [0.1, 0.15) is 11.3 Å². The summed E-state index contributed by atoms with van der Waals surface area (Å²) in [7, 11) is 0. The first-order valence-corrected chi connectivity index (χ1v) is 7.14. The Morgan fingerprint density at radius 1 is 1.45 bits per heavy atom. The number of carbonyl (C=O) groups excluding carboxylic acids is 1. The molecule has 2 heterocycles. The number of hydrogen-bond donors (Lipinski definition) is 1. The zero-order chi connectivity index (χ0) is 14.3. The molecular weight excluding hydrogens is 296 g/mol. The number of anilines is 1. The van der Waals surface area contributed by atoms with Crippen molar-refractivity contribution in [2.45, 2.75) is 13.8 Å². The number of nitrogens with zero attached hydrogens (tertiary/aromatic N) is 3. The lowest BCUT2D eigenvalue weighted by Gasteiger charge is -2.03. The Morgan fingerprint density at radius 3 is 2.95 bits per heavy atom. The van der Waals surface area contributed by atoms with Crippen molar-refractivity contribution in [2.75, 3.05) is 5.32 Å². The second-order valence-corrected chi connectivity index (χ2v) is 5.76. The van der Waals surface area contributed by atoms with Crippen LogP contribution in [0.4, 0.5) is 5.82 Å². The molecule has 0 spiro atoms. The highest BCUT2D eigenvalue weighted by atomic mass is 35.5. The number of aromatic nitrogens is 3. The number of aryl methyl sites for hydroxylation is 1. The minimum absolute atomic E-state index is 0.148. The van der Waals surface area contributed by atoms with Gasteiger partial charge in [-0.15, -0.1) is 0 Å². The van der Waals surface area contributed by atoms with Crippen LogP contribution in [0.3, 0.4) is 0 Å². The molecule has 0 saturated heterocycles. The Morgan fingerprint density at radius 2 is 2.25 bits per heavy atom. The summed E-state index contributed by atoms with van der Waals surface area (Å²) in [5.41, 5.74) is 1.55. The van der Waals surface area contributed by atoms with Crippen LogP contribution in [0.15, 0.2) is 24.3 Å². The van der Waals surface area contributed by atoms with E-state index in [0.717, 1.165) is 15.9 Å². The Labute approximate surface area is 124 Å². The molecule has 1 N–H and O–H groups in total. The average molecular weight is 307 g/mol. The molecule has 102 valence electrons. The second kappa shape index (κ2) is 4.88. The summed E-state index contributed by atoms with van der Waals surface area (Å²) in [6.45, 7) is 3.32. The summed E-state index contributed by atoms with van der Waals surface area (Å²) in [5, 5.41) is 8.39. The van der Waals surface area contributed by atoms with E-state index in [-0.39, 0.29) is 5.91 Å². The third-order valence-electron chi connectivity index (χ3n) is 2.68. The number of nitrogens with one attached hydrogen (secondary N) is 1. The first-order valence-electron chi connectivity index (χ1n) is 5.94. The molecule has 3 rings (SSSR count). The molecule has 20 heavy (non-hydrogen) atoms. The monoisotopic (exact) mass is 306 g/mol. The SMILES string of the molecule is CC(=O)Nc1cc(C)nn1-c1nc2c(Cl)cccc2s1. The van der Waals surface area contributed by atoms with Gasteiger partial charge in [-0.05, 0) is 19.1 Å². The minimum atomic E-state index is -0.148. The van der Waals surface area contributed by atoms with Gasteiger partial charge in [0.2, 0.25) is 11.0 Å². The van der Waals surface area contributed by atoms with E-state index in [1.165, 1.54) is 18.3 Å². The summed E-state index contributed by atoms with van der Waals surface area (Å²) >= 11 is 7.60. The van der Waals surface area contributed by atoms with Crippen molar-refractivity contribution in [3.05, 3.63) is 35.0 Å². The predicted octanol–water partition coefficient (Wildman–Crippen LogP) is 3.40. The van der Waals surface area contributed by atoms with Crippen LogP contribution in [-0.2, 0) is 4.79 Å². The molecule has 1 aromatic carbocycles. The van der Waals surface area contributed by atoms with Gasteiger partial charge in [0, 0.05) is 13.0 Å². The number of fused-ring (bicyclic) bond motifs is 1. The van der Waals surface area contributed by atoms with Crippen molar-refractivity contribution in [2.24, 2.45) is 0 Å². The van der Waals surface area contributed by atoms with Crippen LogP contribution in [0.1, 0.15) is 12.6 Å². The van der Waals surface area contributed by atoms with Gasteiger partial charge < -0.3 is 5.32 Å². The molecule has 7 heteroatoms. The van der Waals surface area contributed by atoms with Crippen molar-refractivity contribution in [1.29, 1.82) is 0 Å². The maximum atomic E-state index is 11.2. The van der Waals surface area contributed by atoms with Crippen molar-refractivity contribution in [1.82, 2.24) is 14.8 Å². The van der Waals surface area contributed by atoms with Crippen molar-refractivity contribution < 1.29 is 4.79 Å². The lowest BCUT2D eigenvalue weighted by Crippen LogP contribution is -2.10. The normalized spacial score (nSPS) is 10.9. The first kappa shape index (κ1) is 13.1. The quantitative estimate of drug-likeness (QED) is 0.789. The highest BCUT2D eigenvalue weighted by Gasteiger charge is 2.14.